The minimum atomic E-state index is 0. The molecule has 0 bridgehead atoms. The van der Waals surface area contributed by atoms with Gasteiger partial charge in [-0.15, -0.1) is 24.2 Å². The second-order valence-corrected chi connectivity index (χ2v) is 6.65. The molecule has 0 spiro atoms. The van der Waals surface area contributed by atoms with E-state index in [4.69, 9.17) is 5.73 Å². The number of hydrogen-bond acceptors (Lipinski definition) is 3. The Bertz CT molecular complexity index is 459. The Hall–Kier alpha value is -0.710. The summed E-state index contributed by atoms with van der Waals surface area (Å²) in [5.41, 5.74) is 7.17. The number of thioether (sulfide) groups is 1. The quantitative estimate of drug-likeness (QED) is 0.864. The van der Waals surface area contributed by atoms with Crippen molar-refractivity contribution in [1.29, 1.82) is 0 Å². The van der Waals surface area contributed by atoms with Gasteiger partial charge in [0.05, 0.1) is 5.75 Å². The Labute approximate surface area is 138 Å². The topological polar surface area (TPSA) is 46.3 Å². The van der Waals surface area contributed by atoms with Crippen molar-refractivity contribution in [1.82, 2.24) is 4.90 Å². The van der Waals surface area contributed by atoms with Crippen LogP contribution in [0.3, 0.4) is 0 Å². The van der Waals surface area contributed by atoms with Gasteiger partial charge in [-0.2, -0.15) is 0 Å². The molecule has 1 aliphatic rings. The monoisotopic (exact) mass is 328 g/mol. The first-order valence-corrected chi connectivity index (χ1v) is 8.28. The van der Waals surface area contributed by atoms with Crippen molar-refractivity contribution in [3.05, 3.63) is 29.8 Å². The number of hydrogen-bond donors (Lipinski definition) is 1. The lowest BCUT2D eigenvalue weighted by Gasteiger charge is -2.33. The zero-order valence-electron chi connectivity index (χ0n) is 12.7. The van der Waals surface area contributed by atoms with Gasteiger partial charge < -0.3 is 10.6 Å². The molecule has 1 heterocycles. The summed E-state index contributed by atoms with van der Waals surface area (Å²) in [6.07, 6.45) is 2.08. The molecule has 1 aromatic rings. The molecule has 1 aromatic carbocycles. The average Bonchev–Trinajstić information content (AvgIpc) is 2.46. The number of carbonyl (C=O) groups is 1. The van der Waals surface area contributed by atoms with Gasteiger partial charge in [-0.25, -0.2) is 0 Å². The maximum Gasteiger partial charge on any atom is 0.232 e. The smallest absolute Gasteiger partial charge is 0.232 e. The lowest BCUT2D eigenvalue weighted by atomic mass is 9.91. The highest BCUT2D eigenvalue weighted by Crippen LogP contribution is 2.24. The van der Waals surface area contributed by atoms with Crippen molar-refractivity contribution in [2.75, 3.05) is 18.8 Å². The van der Waals surface area contributed by atoms with E-state index in [1.807, 2.05) is 17.0 Å². The molecule has 0 radical (unpaired) electrons. The molecule has 5 heteroatoms. The molecule has 2 N–H and O–H groups in total. The zero-order chi connectivity index (χ0) is 14.5. The molecular weight excluding hydrogens is 304 g/mol. The molecule has 3 nitrogen and oxygen atoms in total. The van der Waals surface area contributed by atoms with Crippen LogP contribution in [0.1, 0.15) is 25.3 Å². The third kappa shape index (κ3) is 5.20. The second kappa shape index (κ2) is 8.66. The Morgan fingerprint density at radius 1 is 1.38 bits per heavy atom. The normalized spacial score (nSPS) is 17.2. The molecule has 2 rings (SSSR count). The van der Waals surface area contributed by atoms with Crippen LogP contribution < -0.4 is 5.73 Å². The van der Waals surface area contributed by atoms with Gasteiger partial charge in [-0.05, 0) is 44.2 Å². The van der Waals surface area contributed by atoms with E-state index in [-0.39, 0.29) is 24.4 Å². The van der Waals surface area contributed by atoms with Crippen LogP contribution in [-0.2, 0) is 4.79 Å². The first kappa shape index (κ1) is 18.3. The molecule has 118 valence electrons. The van der Waals surface area contributed by atoms with Crippen molar-refractivity contribution < 1.29 is 4.79 Å². The van der Waals surface area contributed by atoms with Gasteiger partial charge in [-0.1, -0.05) is 18.2 Å². The highest BCUT2D eigenvalue weighted by Gasteiger charge is 2.24. The molecule has 21 heavy (non-hydrogen) atoms. The lowest BCUT2D eigenvalue weighted by molar-refractivity contribution is -0.129. The molecular formula is C16H25ClN2OS. The van der Waals surface area contributed by atoms with Gasteiger partial charge in [0, 0.05) is 24.0 Å². The van der Waals surface area contributed by atoms with Crippen molar-refractivity contribution in [3.8, 4) is 0 Å². The van der Waals surface area contributed by atoms with Crippen molar-refractivity contribution in [2.24, 2.45) is 11.7 Å². The molecule has 0 saturated carbocycles. The number of carbonyl (C=O) groups excluding carboxylic acids is 1. The first-order valence-electron chi connectivity index (χ1n) is 7.29. The van der Waals surface area contributed by atoms with Gasteiger partial charge in [0.15, 0.2) is 0 Å². The Morgan fingerprint density at radius 2 is 2.00 bits per heavy atom. The second-order valence-electron chi connectivity index (χ2n) is 5.63. The van der Waals surface area contributed by atoms with Gasteiger partial charge in [0.2, 0.25) is 5.91 Å². The van der Waals surface area contributed by atoms with E-state index in [0.29, 0.717) is 11.7 Å². The molecule has 1 atom stereocenters. The van der Waals surface area contributed by atoms with Crippen molar-refractivity contribution in [3.63, 3.8) is 0 Å². The molecule has 0 aliphatic carbocycles. The van der Waals surface area contributed by atoms with Crippen LogP contribution in [0.2, 0.25) is 0 Å². The fraction of sp³-hybridized carbons (Fsp3) is 0.562. The Morgan fingerprint density at radius 3 is 2.57 bits per heavy atom. The van der Waals surface area contributed by atoms with E-state index < -0.39 is 0 Å². The maximum atomic E-state index is 12.2. The van der Waals surface area contributed by atoms with Crippen molar-refractivity contribution >= 4 is 30.1 Å². The highest BCUT2D eigenvalue weighted by atomic mass is 35.5. The average molecular weight is 329 g/mol. The fourth-order valence-corrected chi connectivity index (χ4v) is 3.56. The highest BCUT2D eigenvalue weighted by molar-refractivity contribution is 8.00. The summed E-state index contributed by atoms with van der Waals surface area (Å²) < 4.78 is 0. The SMILES string of the molecule is Cc1ccccc1SCC(=O)N1CCC(C(C)N)CC1.Cl. The third-order valence-electron chi connectivity index (χ3n) is 4.08. The van der Waals surface area contributed by atoms with E-state index >= 15 is 0 Å². The standard InChI is InChI=1S/C16H24N2OS.ClH/c1-12-5-3-4-6-15(12)20-11-16(19)18-9-7-14(8-10-18)13(2)17;/h3-6,13-14H,7-11,17H2,1-2H3;1H. The van der Waals surface area contributed by atoms with Crippen LogP contribution >= 0.6 is 24.2 Å². The summed E-state index contributed by atoms with van der Waals surface area (Å²) >= 11 is 1.64. The van der Waals surface area contributed by atoms with Gasteiger partial charge in [0.1, 0.15) is 0 Å². The summed E-state index contributed by atoms with van der Waals surface area (Å²) in [7, 11) is 0. The van der Waals surface area contributed by atoms with Gasteiger partial charge in [-0.3, -0.25) is 4.79 Å². The third-order valence-corrected chi connectivity index (χ3v) is 5.24. The predicted octanol–water partition coefficient (Wildman–Crippen LogP) is 3.09. The van der Waals surface area contributed by atoms with E-state index in [0.717, 1.165) is 25.9 Å². The summed E-state index contributed by atoms with van der Waals surface area (Å²) in [5.74, 6) is 1.36. The maximum absolute atomic E-state index is 12.2. The first-order chi connectivity index (χ1) is 9.58. The molecule has 1 aliphatic heterocycles. The van der Waals surface area contributed by atoms with Crippen LogP contribution in [0.25, 0.3) is 0 Å². The largest absolute Gasteiger partial charge is 0.342 e. The number of nitrogens with zero attached hydrogens (tertiary/aromatic N) is 1. The number of nitrogens with two attached hydrogens (primary N) is 1. The number of piperidine rings is 1. The number of amides is 1. The van der Waals surface area contributed by atoms with Gasteiger partial charge in [0.25, 0.3) is 0 Å². The number of rotatable bonds is 4. The molecule has 0 aromatic heterocycles. The van der Waals surface area contributed by atoms with Crippen LogP contribution in [0.5, 0.6) is 0 Å². The van der Waals surface area contributed by atoms with E-state index in [2.05, 4.69) is 26.0 Å². The van der Waals surface area contributed by atoms with Gasteiger partial charge >= 0.3 is 0 Å². The van der Waals surface area contributed by atoms with Crippen LogP contribution in [0.4, 0.5) is 0 Å². The summed E-state index contributed by atoms with van der Waals surface area (Å²) in [5, 5.41) is 0. The minimum absolute atomic E-state index is 0. The molecule has 1 saturated heterocycles. The number of aryl methyl sites for hydroxylation is 1. The fourth-order valence-electron chi connectivity index (χ4n) is 2.62. The van der Waals surface area contributed by atoms with Crippen molar-refractivity contribution in [2.45, 2.75) is 37.6 Å². The van der Waals surface area contributed by atoms with Crippen LogP contribution in [0.15, 0.2) is 29.2 Å². The summed E-state index contributed by atoms with van der Waals surface area (Å²) in [6.45, 7) is 5.87. The Kier molecular flexibility index (Phi) is 7.57. The van der Waals surface area contributed by atoms with E-state index in [9.17, 15) is 4.79 Å². The molecule has 1 fully saturated rings. The zero-order valence-corrected chi connectivity index (χ0v) is 14.4. The number of halogens is 1. The van der Waals surface area contributed by atoms with Crippen LogP contribution in [0, 0.1) is 12.8 Å². The summed E-state index contributed by atoms with van der Waals surface area (Å²) in [6, 6.07) is 8.46. The Balaban J connectivity index is 0.00000220. The summed E-state index contributed by atoms with van der Waals surface area (Å²) in [4.78, 5) is 15.4. The number of likely N-dealkylation sites (tertiary alicyclic amines) is 1. The van der Waals surface area contributed by atoms with Crippen LogP contribution in [-0.4, -0.2) is 35.7 Å². The molecule has 1 unspecified atom stereocenters. The minimum Gasteiger partial charge on any atom is -0.342 e. The van der Waals surface area contributed by atoms with E-state index in [1.165, 1.54) is 10.5 Å². The predicted molar refractivity (Wildman–Crippen MR) is 92.1 cm³/mol. The number of benzene rings is 1. The lowest BCUT2D eigenvalue weighted by Crippen LogP contribution is -2.43. The molecule has 1 amide bonds. The van der Waals surface area contributed by atoms with E-state index in [1.54, 1.807) is 11.8 Å².